The van der Waals surface area contributed by atoms with E-state index < -0.39 is 17.9 Å². The zero-order chi connectivity index (χ0) is 26.1. The van der Waals surface area contributed by atoms with Crippen molar-refractivity contribution in [2.45, 2.75) is 19.0 Å². The van der Waals surface area contributed by atoms with Crippen molar-refractivity contribution in [1.82, 2.24) is 19.9 Å². The number of benzene rings is 3. The van der Waals surface area contributed by atoms with Crippen molar-refractivity contribution in [3.63, 3.8) is 0 Å². The average Bonchev–Trinajstić information content (AvgIpc) is 3.51. The number of esters is 1. The van der Waals surface area contributed by atoms with Gasteiger partial charge in [-0.3, -0.25) is 4.79 Å². The van der Waals surface area contributed by atoms with E-state index in [4.69, 9.17) is 4.74 Å². The highest BCUT2D eigenvalue weighted by molar-refractivity contribution is 6.10. The number of H-pyrrole nitrogens is 1. The number of pyridine rings is 1. The van der Waals surface area contributed by atoms with Crippen LogP contribution in [0.2, 0.25) is 0 Å². The summed E-state index contributed by atoms with van der Waals surface area (Å²) >= 11 is 0. The number of methoxy groups -OCH3 is 1. The van der Waals surface area contributed by atoms with Crippen molar-refractivity contribution in [2.24, 2.45) is 0 Å². The van der Waals surface area contributed by atoms with Crippen LogP contribution in [0.5, 0.6) is 0 Å². The van der Waals surface area contributed by atoms with Gasteiger partial charge in [-0.1, -0.05) is 66.7 Å². The third-order valence-electron chi connectivity index (χ3n) is 6.96. The number of aromatic nitrogens is 3. The summed E-state index contributed by atoms with van der Waals surface area (Å²) in [5, 5.41) is 5.82. The molecule has 0 radical (unpaired) electrons. The van der Waals surface area contributed by atoms with E-state index in [2.05, 4.69) is 44.1 Å². The van der Waals surface area contributed by atoms with Crippen LogP contribution in [-0.2, 0) is 22.5 Å². The van der Waals surface area contributed by atoms with Crippen LogP contribution in [0.3, 0.4) is 0 Å². The van der Waals surface area contributed by atoms with E-state index in [9.17, 15) is 9.59 Å². The highest BCUT2D eigenvalue weighted by Gasteiger charge is 2.25. The molecule has 0 spiro atoms. The summed E-state index contributed by atoms with van der Waals surface area (Å²) in [6.07, 6.45) is 3.89. The van der Waals surface area contributed by atoms with Crippen molar-refractivity contribution in [3.05, 3.63) is 114 Å². The Morgan fingerprint density at radius 2 is 1.66 bits per heavy atom. The third-order valence-corrected chi connectivity index (χ3v) is 6.96. The van der Waals surface area contributed by atoms with Crippen LogP contribution in [0.4, 0.5) is 0 Å². The van der Waals surface area contributed by atoms with Gasteiger partial charge in [-0.15, -0.1) is 0 Å². The molecule has 2 N–H and O–H groups in total. The van der Waals surface area contributed by atoms with Crippen LogP contribution >= 0.6 is 0 Å². The minimum Gasteiger partial charge on any atom is -0.467 e. The Hall–Kier alpha value is -4.91. The van der Waals surface area contributed by atoms with Gasteiger partial charge in [0.05, 0.1) is 18.8 Å². The summed E-state index contributed by atoms with van der Waals surface area (Å²) < 4.78 is 7.22. The summed E-state index contributed by atoms with van der Waals surface area (Å²) in [5.74, 6) is -0.939. The summed E-state index contributed by atoms with van der Waals surface area (Å²) in [7, 11) is 1.32. The Bertz CT molecular complexity index is 1790. The molecule has 3 heterocycles. The summed E-state index contributed by atoms with van der Waals surface area (Å²) in [6.45, 7) is 0.688. The van der Waals surface area contributed by atoms with Crippen LogP contribution < -0.4 is 5.32 Å². The number of amides is 1. The number of carbonyl (C=O) groups excluding carboxylic acids is 2. The van der Waals surface area contributed by atoms with Crippen LogP contribution in [0.1, 0.15) is 21.6 Å². The molecule has 1 atom stereocenters. The molecule has 6 rings (SSSR count). The van der Waals surface area contributed by atoms with Crippen molar-refractivity contribution in [3.8, 4) is 0 Å². The molecule has 0 saturated heterocycles. The van der Waals surface area contributed by atoms with Crippen LogP contribution in [0, 0.1) is 0 Å². The molecule has 7 heteroatoms. The number of aromatic amines is 1. The van der Waals surface area contributed by atoms with Gasteiger partial charge in [0.25, 0.3) is 5.91 Å². The first kappa shape index (κ1) is 23.5. The molecule has 7 nitrogen and oxygen atoms in total. The molecule has 38 heavy (non-hydrogen) atoms. The van der Waals surface area contributed by atoms with Gasteiger partial charge in [-0.2, -0.15) is 0 Å². The number of para-hydroxylation sites is 2. The molecule has 0 saturated carbocycles. The Morgan fingerprint density at radius 1 is 0.921 bits per heavy atom. The second kappa shape index (κ2) is 9.86. The third kappa shape index (κ3) is 4.28. The summed E-state index contributed by atoms with van der Waals surface area (Å²) in [4.78, 5) is 33.7. The zero-order valence-electron chi connectivity index (χ0n) is 20.8. The predicted octanol–water partition coefficient (Wildman–Crippen LogP) is 5.23. The number of rotatable bonds is 7. The largest absolute Gasteiger partial charge is 0.467 e. The van der Waals surface area contributed by atoms with E-state index in [-0.39, 0.29) is 5.69 Å². The fraction of sp³-hybridized carbons (Fsp3) is 0.129. The highest BCUT2D eigenvalue weighted by Crippen LogP contribution is 2.30. The van der Waals surface area contributed by atoms with E-state index in [0.29, 0.717) is 13.0 Å². The normalized spacial score (nSPS) is 12.1. The molecule has 3 aromatic heterocycles. The smallest absolute Gasteiger partial charge is 0.328 e. The van der Waals surface area contributed by atoms with E-state index >= 15 is 0 Å². The van der Waals surface area contributed by atoms with Gasteiger partial charge in [0, 0.05) is 46.4 Å². The van der Waals surface area contributed by atoms with Crippen LogP contribution in [0.25, 0.3) is 32.7 Å². The summed E-state index contributed by atoms with van der Waals surface area (Å²) in [6, 6.07) is 27.2. The molecule has 1 amide bonds. The number of carbonyl (C=O) groups is 2. The van der Waals surface area contributed by atoms with Crippen molar-refractivity contribution >= 4 is 44.6 Å². The summed E-state index contributed by atoms with van der Waals surface area (Å²) in [5.41, 5.74) is 5.32. The number of nitrogens with one attached hydrogen (secondary N) is 2. The molecule has 0 bridgehead atoms. The van der Waals surface area contributed by atoms with Crippen molar-refractivity contribution in [2.75, 3.05) is 7.11 Å². The van der Waals surface area contributed by atoms with Gasteiger partial charge in [0.1, 0.15) is 11.7 Å². The van der Waals surface area contributed by atoms with Gasteiger partial charge in [-0.25, -0.2) is 9.78 Å². The van der Waals surface area contributed by atoms with Crippen molar-refractivity contribution < 1.29 is 14.3 Å². The maximum Gasteiger partial charge on any atom is 0.328 e. The number of nitrogens with zero attached hydrogens (tertiary/aromatic N) is 2. The SMILES string of the molecule is COC(=O)[C@H](Cc1c[nH]c2ccccc12)NC(=O)c1cc2c3ccccc3n(Cc3ccccc3)c2cn1. The number of hydrogen-bond donors (Lipinski definition) is 2. The lowest BCUT2D eigenvalue weighted by atomic mass is 10.0. The van der Waals surface area contributed by atoms with Crippen LogP contribution in [0.15, 0.2) is 97.3 Å². The number of ether oxygens (including phenoxy) is 1. The fourth-order valence-corrected chi connectivity index (χ4v) is 5.09. The second-order valence-corrected chi connectivity index (χ2v) is 9.29. The molecule has 188 valence electrons. The standard InChI is InChI=1S/C31H26N4O3/c1-38-31(37)27(15-21-17-32-25-13-7-5-11-22(21)25)34-30(36)26-16-24-23-12-6-8-14-28(23)35(29(24)18-33-26)19-20-9-3-2-4-10-20/h2-14,16-18,27,32H,15,19H2,1H3,(H,34,36)/t27-/m0/s1. The first-order valence-electron chi connectivity index (χ1n) is 12.5. The number of fused-ring (bicyclic) bond motifs is 4. The zero-order valence-corrected chi connectivity index (χ0v) is 20.8. The fourth-order valence-electron chi connectivity index (χ4n) is 5.09. The maximum atomic E-state index is 13.3. The molecule has 3 aromatic carbocycles. The average molecular weight is 503 g/mol. The minimum atomic E-state index is -0.858. The first-order valence-corrected chi connectivity index (χ1v) is 12.5. The highest BCUT2D eigenvalue weighted by atomic mass is 16.5. The van der Waals surface area contributed by atoms with E-state index in [0.717, 1.165) is 38.3 Å². The van der Waals surface area contributed by atoms with Crippen molar-refractivity contribution in [1.29, 1.82) is 0 Å². The Kier molecular flexibility index (Phi) is 6.09. The second-order valence-electron chi connectivity index (χ2n) is 9.29. The van der Waals surface area contributed by atoms with E-state index in [1.807, 2.05) is 60.8 Å². The molecule has 0 aliphatic heterocycles. The lowest BCUT2D eigenvalue weighted by Gasteiger charge is -2.16. The minimum absolute atomic E-state index is 0.243. The molecule has 0 fully saturated rings. The molecule has 0 aliphatic carbocycles. The van der Waals surface area contributed by atoms with Gasteiger partial charge < -0.3 is 19.6 Å². The molecule has 0 unspecified atom stereocenters. The topological polar surface area (TPSA) is 89.0 Å². The monoisotopic (exact) mass is 502 g/mol. The number of hydrogen-bond acceptors (Lipinski definition) is 4. The lowest BCUT2D eigenvalue weighted by molar-refractivity contribution is -0.142. The molecular weight excluding hydrogens is 476 g/mol. The molecular formula is C31H26N4O3. The van der Waals surface area contributed by atoms with E-state index in [1.165, 1.54) is 12.7 Å². The van der Waals surface area contributed by atoms with Gasteiger partial charge in [0.2, 0.25) is 0 Å². The molecule has 0 aliphatic rings. The first-order chi connectivity index (χ1) is 18.6. The van der Waals surface area contributed by atoms with Gasteiger partial charge >= 0.3 is 5.97 Å². The van der Waals surface area contributed by atoms with Crippen LogP contribution in [-0.4, -0.2) is 39.6 Å². The Labute approximate surface area is 219 Å². The Balaban J connectivity index is 1.33. The maximum absolute atomic E-state index is 13.3. The predicted molar refractivity (Wildman–Crippen MR) is 148 cm³/mol. The van der Waals surface area contributed by atoms with Gasteiger partial charge in [0.15, 0.2) is 0 Å². The Morgan fingerprint density at radius 3 is 2.47 bits per heavy atom. The lowest BCUT2D eigenvalue weighted by Crippen LogP contribution is -2.43. The van der Waals surface area contributed by atoms with E-state index in [1.54, 1.807) is 12.3 Å². The molecule has 6 aromatic rings. The quantitative estimate of drug-likeness (QED) is 0.293. The van der Waals surface area contributed by atoms with Gasteiger partial charge in [-0.05, 0) is 29.3 Å².